The van der Waals surface area contributed by atoms with Crippen molar-refractivity contribution in [3.63, 3.8) is 0 Å². The van der Waals surface area contributed by atoms with Gasteiger partial charge in [-0.2, -0.15) is 9.57 Å². The van der Waals surface area contributed by atoms with Crippen molar-refractivity contribution in [2.45, 2.75) is 22.6 Å². The van der Waals surface area contributed by atoms with Crippen molar-refractivity contribution in [3.8, 4) is 17.3 Å². The fourth-order valence-corrected chi connectivity index (χ4v) is 6.24. The van der Waals surface area contributed by atoms with E-state index in [4.69, 9.17) is 5.26 Å². The third-order valence-corrected chi connectivity index (χ3v) is 8.98. The third-order valence-electron chi connectivity index (χ3n) is 5.57. The number of aromatic nitrogens is 1. The van der Waals surface area contributed by atoms with Crippen molar-refractivity contribution in [1.82, 2.24) is 9.29 Å². The largest absolute Gasteiger partial charge is 0.302 e. The van der Waals surface area contributed by atoms with Crippen LogP contribution >= 0.6 is 23.1 Å². The molecule has 0 spiro atoms. The molecule has 0 bridgehead atoms. The van der Waals surface area contributed by atoms with E-state index in [1.807, 2.05) is 23.8 Å². The zero-order valence-electron chi connectivity index (χ0n) is 17.9. The molecule has 1 aliphatic rings. The number of rotatable bonds is 6. The maximum absolute atomic E-state index is 12.9. The van der Waals surface area contributed by atoms with E-state index >= 15 is 0 Å². The summed E-state index contributed by atoms with van der Waals surface area (Å²) in [7, 11) is -3.57. The number of thioether (sulfide) groups is 1. The van der Waals surface area contributed by atoms with Gasteiger partial charge in [-0.25, -0.2) is 13.4 Å². The Hall–Kier alpha value is -2.71. The number of piperidine rings is 1. The second kappa shape index (κ2) is 10.1. The number of benzene rings is 2. The molecule has 0 aliphatic carbocycles. The van der Waals surface area contributed by atoms with Crippen molar-refractivity contribution in [2.75, 3.05) is 24.7 Å². The van der Waals surface area contributed by atoms with Gasteiger partial charge in [0, 0.05) is 34.8 Å². The van der Waals surface area contributed by atoms with Gasteiger partial charge in [0.25, 0.3) is 0 Å². The van der Waals surface area contributed by atoms with Crippen molar-refractivity contribution in [3.05, 3.63) is 59.5 Å². The Bertz CT molecular complexity index is 1270. The minimum Gasteiger partial charge on any atom is -0.302 e. The molecule has 7 nitrogen and oxygen atoms in total. The highest BCUT2D eigenvalue weighted by atomic mass is 32.2. The van der Waals surface area contributed by atoms with Gasteiger partial charge in [0.2, 0.25) is 15.9 Å². The van der Waals surface area contributed by atoms with Crippen LogP contribution < -0.4 is 5.32 Å². The van der Waals surface area contributed by atoms with Crippen LogP contribution in [0, 0.1) is 17.2 Å². The van der Waals surface area contributed by atoms with E-state index in [-0.39, 0.29) is 16.7 Å². The van der Waals surface area contributed by atoms with Gasteiger partial charge in [-0.15, -0.1) is 23.1 Å². The molecule has 0 unspecified atom stereocenters. The fraction of sp³-hybridized carbons (Fsp3) is 0.261. The lowest BCUT2D eigenvalue weighted by Gasteiger charge is -2.30. The predicted octanol–water partition coefficient (Wildman–Crippen LogP) is 4.44. The second-order valence-corrected chi connectivity index (χ2v) is 11.2. The van der Waals surface area contributed by atoms with Crippen molar-refractivity contribution < 1.29 is 13.2 Å². The lowest BCUT2D eigenvalue weighted by Crippen LogP contribution is -2.41. The fourth-order valence-electron chi connectivity index (χ4n) is 3.64. The minimum atomic E-state index is -3.57. The van der Waals surface area contributed by atoms with Gasteiger partial charge in [-0.05, 0) is 55.5 Å². The van der Waals surface area contributed by atoms with Crippen LogP contribution in [0.5, 0.6) is 0 Å². The van der Waals surface area contributed by atoms with E-state index in [0.717, 1.165) is 16.2 Å². The van der Waals surface area contributed by atoms with Crippen molar-refractivity contribution >= 4 is 44.2 Å². The first-order valence-electron chi connectivity index (χ1n) is 10.3. The number of hydrogen-bond acceptors (Lipinski definition) is 7. The molecule has 2 aromatic carbocycles. The maximum Gasteiger partial charge on any atom is 0.243 e. The number of hydrogen-bond donors (Lipinski definition) is 1. The molecule has 3 aromatic rings. The van der Waals surface area contributed by atoms with E-state index in [1.165, 1.54) is 15.6 Å². The van der Waals surface area contributed by atoms with E-state index in [2.05, 4.69) is 16.4 Å². The molecule has 4 rings (SSSR count). The summed E-state index contributed by atoms with van der Waals surface area (Å²) in [5.41, 5.74) is 2.18. The van der Waals surface area contributed by atoms with Crippen LogP contribution in [-0.4, -0.2) is 43.0 Å². The average Bonchev–Trinajstić information content (AvgIpc) is 3.32. The Morgan fingerprint density at radius 1 is 1.15 bits per heavy atom. The molecule has 2 heterocycles. The molecule has 33 heavy (non-hydrogen) atoms. The van der Waals surface area contributed by atoms with Crippen LogP contribution in [0.15, 0.2) is 63.7 Å². The molecular weight excluding hydrogens is 476 g/mol. The van der Waals surface area contributed by atoms with Gasteiger partial charge in [0.05, 0.1) is 22.2 Å². The van der Waals surface area contributed by atoms with E-state index in [1.54, 1.807) is 48.2 Å². The van der Waals surface area contributed by atoms with Gasteiger partial charge in [0.1, 0.15) is 0 Å². The predicted molar refractivity (Wildman–Crippen MR) is 131 cm³/mol. The summed E-state index contributed by atoms with van der Waals surface area (Å²) in [5.74, 6) is -0.408. The summed E-state index contributed by atoms with van der Waals surface area (Å²) >= 11 is 2.90. The van der Waals surface area contributed by atoms with Crippen LogP contribution in [-0.2, 0) is 14.8 Å². The van der Waals surface area contributed by atoms with Crippen molar-refractivity contribution in [2.24, 2.45) is 5.92 Å². The van der Waals surface area contributed by atoms with E-state index in [0.29, 0.717) is 36.6 Å². The molecule has 1 saturated heterocycles. The van der Waals surface area contributed by atoms with Gasteiger partial charge >= 0.3 is 0 Å². The number of nitriles is 1. The van der Waals surface area contributed by atoms with Gasteiger partial charge in [-0.1, -0.05) is 12.1 Å². The highest BCUT2D eigenvalue weighted by Crippen LogP contribution is 2.28. The topological polar surface area (TPSA) is 103 Å². The molecule has 1 N–H and O–H groups in total. The molecule has 170 valence electrons. The first kappa shape index (κ1) is 23.4. The molecule has 0 atom stereocenters. The molecule has 1 amide bonds. The minimum absolute atomic E-state index is 0.142. The quantitative estimate of drug-likeness (QED) is 0.504. The summed E-state index contributed by atoms with van der Waals surface area (Å²) in [5, 5.41) is 14.1. The van der Waals surface area contributed by atoms with Gasteiger partial charge in [0.15, 0.2) is 5.13 Å². The third kappa shape index (κ3) is 5.28. The van der Waals surface area contributed by atoms with Crippen LogP contribution in [0.4, 0.5) is 5.13 Å². The first-order valence-corrected chi connectivity index (χ1v) is 13.9. The number of sulfonamides is 1. The summed E-state index contributed by atoms with van der Waals surface area (Å²) in [4.78, 5) is 18.5. The van der Waals surface area contributed by atoms with Crippen LogP contribution in [0.25, 0.3) is 11.3 Å². The SMILES string of the molecule is CSc1ccc(S(=O)(=O)N2CCC(C(=O)Nc3nc(-c4ccc(C#N)cc4)cs3)CC2)cc1. The molecule has 10 heteroatoms. The Morgan fingerprint density at radius 3 is 2.42 bits per heavy atom. The Balaban J connectivity index is 1.35. The summed E-state index contributed by atoms with van der Waals surface area (Å²) < 4.78 is 27.3. The molecule has 0 radical (unpaired) electrons. The van der Waals surface area contributed by atoms with Crippen LogP contribution in [0.2, 0.25) is 0 Å². The summed E-state index contributed by atoms with van der Waals surface area (Å²) in [6.07, 6.45) is 2.86. The number of amides is 1. The van der Waals surface area contributed by atoms with Gasteiger partial charge < -0.3 is 5.32 Å². The molecule has 1 aromatic heterocycles. The smallest absolute Gasteiger partial charge is 0.243 e. The van der Waals surface area contributed by atoms with E-state index < -0.39 is 10.0 Å². The number of nitrogens with one attached hydrogen (secondary N) is 1. The lowest BCUT2D eigenvalue weighted by molar-refractivity contribution is -0.120. The number of nitrogens with zero attached hydrogens (tertiary/aromatic N) is 3. The molecule has 1 aliphatic heterocycles. The zero-order valence-corrected chi connectivity index (χ0v) is 20.3. The molecular formula is C23H22N4O3S3. The first-order chi connectivity index (χ1) is 15.9. The second-order valence-electron chi connectivity index (χ2n) is 7.57. The van der Waals surface area contributed by atoms with Crippen molar-refractivity contribution in [1.29, 1.82) is 5.26 Å². The highest BCUT2D eigenvalue weighted by molar-refractivity contribution is 7.98. The van der Waals surface area contributed by atoms with Crippen LogP contribution in [0.1, 0.15) is 18.4 Å². The zero-order chi connectivity index (χ0) is 23.4. The molecule has 1 fully saturated rings. The standard InChI is InChI=1S/C23H22N4O3S3/c1-31-19-6-8-20(9-7-19)33(29,30)27-12-10-18(11-13-27)22(28)26-23-25-21(15-32-23)17-4-2-16(14-24)3-5-17/h2-9,15,18H,10-13H2,1H3,(H,25,26,28). The molecule has 0 saturated carbocycles. The Labute approximate surface area is 201 Å². The average molecular weight is 499 g/mol. The number of anilines is 1. The number of thiazole rings is 1. The maximum atomic E-state index is 12.9. The van der Waals surface area contributed by atoms with Crippen LogP contribution in [0.3, 0.4) is 0 Å². The summed E-state index contributed by atoms with van der Waals surface area (Å²) in [6.45, 7) is 0.609. The van der Waals surface area contributed by atoms with Gasteiger partial charge in [-0.3, -0.25) is 4.79 Å². The lowest BCUT2D eigenvalue weighted by atomic mass is 9.97. The highest BCUT2D eigenvalue weighted by Gasteiger charge is 2.32. The Kier molecular flexibility index (Phi) is 7.14. The number of carbonyl (C=O) groups is 1. The normalized spacial score (nSPS) is 15.2. The monoisotopic (exact) mass is 498 g/mol. The number of carbonyl (C=O) groups excluding carboxylic acids is 1. The Morgan fingerprint density at radius 2 is 1.82 bits per heavy atom. The van der Waals surface area contributed by atoms with E-state index in [9.17, 15) is 13.2 Å². The summed E-state index contributed by atoms with van der Waals surface area (Å²) in [6, 6.07) is 16.1.